The molecule has 32 heavy (non-hydrogen) atoms. The highest BCUT2D eigenvalue weighted by Gasteiger charge is 2.26. The summed E-state index contributed by atoms with van der Waals surface area (Å²) in [5, 5.41) is 1.86. The molecule has 0 N–H and O–H groups in total. The number of benzene rings is 1. The van der Waals surface area contributed by atoms with E-state index in [-0.39, 0.29) is 5.56 Å². The number of nitrogens with zero attached hydrogens (tertiary/aromatic N) is 2. The summed E-state index contributed by atoms with van der Waals surface area (Å²) in [6.45, 7) is 3.10. The van der Waals surface area contributed by atoms with Crippen molar-refractivity contribution < 1.29 is 0 Å². The summed E-state index contributed by atoms with van der Waals surface area (Å²) in [6.07, 6.45) is 13.4. The molecule has 2 aliphatic rings. The summed E-state index contributed by atoms with van der Waals surface area (Å²) < 4.78 is 2.07. The average molecular weight is 467 g/mol. The van der Waals surface area contributed by atoms with Gasteiger partial charge < -0.3 is 0 Å². The maximum absolute atomic E-state index is 13.9. The third-order valence-corrected chi connectivity index (χ3v) is 9.40. The van der Waals surface area contributed by atoms with Gasteiger partial charge in [0.2, 0.25) is 0 Å². The Balaban J connectivity index is 1.54. The van der Waals surface area contributed by atoms with Crippen LogP contribution in [-0.2, 0) is 19.4 Å². The fourth-order valence-corrected chi connectivity index (χ4v) is 7.72. The molecule has 0 saturated heterocycles. The first-order valence-corrected chi connectivity index (χ1v) is 14.3. The van der Waals surface area contributed by atoms with Gasteiger partial charge >= 0.3 is 0 Å². The van der Waals surface area contributed by atoms with Crippen LogP contribution >= 0.6 is 23.1 Å². The molecule has 2 heterocycles. The van der Waals surface area contributed by atoms with Crippen molar-refractivity contribution in [3.05, 3.63) is 45.7 Å². The minimum Gasteiger partial charge on any atom is -0.287 e. The zero-order chi connectivity index (χ0) is 21.9. The highest BCUT2D eigenvalue weighted by atomic mass is 32.2. The quantitative estimate of drug-likeness (QED) is 0.196. The minimum atomic E-state index is 0.216. The van der Waals surface area contributed by atoms with Crippen LogP contribution in [0, 0.1) is 5.92 Å². The van der Waals surface area contributed by atoms with Gasteiger partial charge in [-0.2, -0.15) is 0 Å². The fourth-order valence-electron chi connectivity index (χ4n) is 5.39. The molecule has 0 aliphatic heterocycles. The Hall–Kier alpha value is -1.59. The van der Waals surface area contributed by atoms with Crippen molar-refractivity contribution in [3.8, 4) is 10.4 Å². The summed E-state index contributed by atoms with van der Waals surface area (Å²) in [7, 11) is 0. The molecular weight excluding hydrogens is 432 g/mol. The third kappa shape index (κ3) is 4.43. The Bertz CT molecular complexity index is 1140. The Labute approximate surface area is 199 Å². The van der Waals surface area contributed by atoms with Crippen molar-refractivity contribution >= 4 is 33.3 Å². The molecule has 0 bridgehead atoms. The van der Waals surface area contributed by atoms with Gasteiger partial charge in [-0.3, -0.25) is 9.36 Å². The summed E-state index contributed by atoms with van der Waals surface area (Å²) in [5.74, 6) is 1.67. The van der Waals surface area contributed by atoms with E-state index < -0.39 is 0 Å². The second-order valence-corrected chi connectivity index (χ2v) is 11.5. The summed E-state index contributed by atoms with van der Waals surface area (Å²) in [5.41, 5.74) is 4.18. The number of fused-ring (bicyclic) bond motifs is 5. The van der Waals surface area contributed by atoms with Crippen molar-refractivity contribution in [1.29, 1.82) is 0 Å². The van der Waals surface area contributed by atoms with E-state index in [1.165, 1.54) is 79.4 Å². The van der Waals surface area contributed by atoms with E-state index >= 15 is 0 Å². The third-order valence-electron chi connectivity index (χ3n) is 7.18. The second kappa shape index (κ2) is 10.1. The lowest BCUT2D eigenvalue weighted by Gasteiger charge is -2.23. The molecule has 0 unspecified atom stereocenters. The van der Waals surface area contributed by atoms with Crippen LogP contribution in [0.1, 0.15) is 75.8 Å². The average Bonchev–Trinajstić information content (AvgIpc) is 3.21. The van der Waals surface area contributed by atoms with Gasteiger partial charge in [0.1, 0.15) is 4.83 Å². The molecule has 3 aromatic rings. The Morgan fingerprint density at radius 2 is 1.94 bits per heavy atom. The molecule has 3 nitrogen and oxygen atoms in total. The lowest BCUT2D eigenvalue weighted by Crippen LogP contribution is -2.28. The van der Waals surface area contributed by atoms with Gasteiger partial charge in [-0.1, -0.05) is 81.5 Å². The summed E-state index contributed by atoms with van der Waals surface area (Å²) >= 11 is 3.54. The number of thioether (sulfide) groups is 1. The lowest BCUT2D eigenvalue weighted by atomic mass is 9.89. The first-order chi connectivity index (χ1) is 15.8. The zero-order valence-corrected chi connectivity index (χ0v) is 20.8. The minimum absolute atomic E-state index is 0.216. The molecule has 0 amide bonds. The fraction of sp³-hybridized carbons (Fsp3) is 0.556. The normalized spacial score (nSPS) is 16.3. The van der Waals surface area contributed by atoms with Crippen LogP contribution in [-0.4, -0.2) is 15.3 Å². The lowest BCUT2D eigenvalue weighted by molar-refractivity contribution is 0.306. The van der Waals surface area contributed by atoms with E-state index in [1.54, 1.807) is 23.1 Å². The number of rotatable bonds is 8. The molecule has 1 fully saturated rings. The number of thiophene rings is 1. The predicted octanol–water partition coefficient (Wildman–Crippen LogP) is 7.48. The molecule has 1 aromatic carbocycles. The molecule has 5 heteroatoms. The second-order valence-electron chi connectivity index (χ2n) is 9.47. The van der Waals surface area contributed by atoms with Crippen molar-refractivity contribution in [2.45, 2.75) is 89.3 Å². The van der Waals surface area contributed by atoms with Gasteiger partial charge in [0.25, 0.3) is 5.56 Å². The first-order valence-electron chi connectivity index (χ1n) is 12.5. The van der Waals surface area contributed by atoms with Gasteiger partial charge in [0.05, 0.1) is 5.39 Å². The predicted molar refractivity (Wildman–Crippen MR) is 138 cm³/mol. The Morgan fingerprint density at radius 1 is 1.09 bits per heavy atom. The maximum Gasteiger partial charge on any atom is 0.263 e. The van der Waals surface area contributed by atoms with Crippen LogP contribution < -0.4 is 5.56 Å². The van der Waals surface area contributed by atoms with Gasteiger partial charge in [-0.15, -0.1) is 11.3 Å². The largest absolute Gasteiger partial charge is 0.287 e. The molecular formula is C27H34N2OS2. The first kappa shape index (κ1) is 22.2. The van der Waals surface area contributed by atoms with E-state index in [1.807, 2.05) is 0 Å². The van der Waals surface area contributed by atoms with Crippen LogP contribution in [0.4, 0.5) is 0 Å². The molecule has 2 aliphatic carbocycles. The van der Waals surface area contributed by atoms with E-state index in [0.29, 0.717) is 5.92 Å². The molecule has 0 atom stereocenters. The van der Waals surface area contributed by atoms with Crippen molar-refractivity contribution in [2.75, 3.05) is 5.75 Å². The van der Waals surface area contributed by atoms with Gasteiger partial charge in [0, 0.05) is 17.2 Å². The number of aryl methyl sites for hydroxylation is 2. The van der Waals surface area contributed by atoms with Crippen LogP contribution in [0.2, 0.25) is 0 Å². The maximum atomic E-state index is 13.9. The molecule has 0 spiro atoms. The SMILES string of the molecule is CCCCCCSc1nc2sc3c(c2c(=O)n1CC1CCCCC1)CCc1ccccc1-3. The molecule has 2 aromatic heterocycles. The number of hydrogen-bond donors (Lipinski definition) is 0. The van der Waals surface area contributed by atoms with Gasteiger partial charge in [-0.05, 0) is 54.7 Å². The van der Waals surface area contributed by atoms with E-state index in [0.717, 1.165) is 40.5 Å². The van der Waals surface area contributed by atoms with Crippen LogP contribution in [0.5, 0.6) is 0 Å². The highest BCUT2D eigenvalue weighted by molar-refractivity contribution is 7.99. The van der Waals surface area contributed by atoms with Crippen molar-refractivity contribution in [1.82, 2.24) is 9.55 Å². The zero-order valence-electron chi connectivity index (χ0n) is 19.2. The summed E-state index contributed by atoms with van der Waals surface area (Å²) in [6, 6.07) is 8.69. The molecule has 1 saturated carbocycles. The Kier molecular flexibility index (Phi) is 7.03. The highest BCUT2D eigenvalue weighted by Crippen LogP contribution is 2.42. The number of unbranched alkanes of at least 4 members (excludes halogenated alkanes) is 3. The van der Waals surface area contributed by atoms with Crippen LogP contribution in [0.25, 0.3) is 20.7 Å². The van der Waals surface area contributed by atoms with Crippen molar-refractivity contribution in [3.63, 3.8) is 0 Å². The van der Waals surface area contributed by atoms with Gasteiger partial charge in [0.15, 0.2) is 5.16 Å². The smallest absolute Gasteiger partial charge is 0.263 e. The van der Waals surface area contributed by atoms with Crippen LogP contribution in [0.15, 0.2) is 34.2 Å². The summed E-state index contributed by atoms with van der Waals surface area (Å²) in [4.78, 5) is 21.3. The Morgan fingerprint density at radius 3 is 2.78 bits per heavy atom. The van der Waals surface area contributed by atoms with E-state index in [4.69, 9.17) is 4.98 Å². The van der Waals surface area contributed by atoms with E-state index in [9.17, 15) is 4.79 Å². The molecule has 0 radical (unpaired) electrons. The number of hydrogen-bond acceptors (Lipinski definition) is 4. The molecule has 170 valence electrons. The number of aromatic nitrogens is 2. The monoisotopic (exact) mass is 466 g/mol. The molecule has 5 rings (SSSR count). The van der Waals surface area contributed by atoms with Crippen LogP contribution in [0.3, 0.4) is 0 Å². The topological polar surface area (TPSA) is 34.9 Å². The van der Waals surface area contributed by atoms with Gasteiger partial charge in [-0.25, -0.2) is 4.98 Å². The van der Waals surface area contributed by atoms with E-state index in [2.05, 4.69) is 35.8 Å². The van der Waals surface area contributed by atoms with Crippen molar-refractivity contribution in [2.24, 2.45) is 5.92 Å². The standard InChI is InChI=1S/C27H34N2OS2/c1-2-3-4-10-17-31-27-28-25-23(26(30)29(27)18-19-11-6-5-7-12-19)22-16-15-20-13-8-9-14-21(20)24(22)32-25/h8-9,13-14,19H,2-7,10-12,15-18H2,1H3.